The maximum Gasteiger partial charge on any atom is 0.233 e. The zero-order valence-electron chi connectivity index (χ0n) is 14.1. The number of rotatable bonds is 3. The van der Waals surface area contributed by atoms with Crippen molar-refractivity contribution in [2.45, 2.75) is 44.6 Å². The number of hydrogen-bond acceptors (Lipinski definition) is 3. The van der Waals surface area contributed by atoms with Crippen molar-refractivity contribution in [1.82, 2.24) is 0 Å². The second-order valence-corrected chi connectivity index (χ2v) is 7.94. The number of aryl methyl sites for hydroxylation is 2. The van der Waals surface area contributed by atoms with Gasteiger partial charge in [0.05, 0.1) is 23.8 Å². The van der Waals surface area contributed by atoms with Crippen molar-refractivity contribution in [3.8, 4) is 0 Å². The van der Waals surface area contributed by atoms with E-state index in [1.165, 1.54) is 0 Å². The standard InChI is InChI=1S/C20H23NO3/c1-4-8-20-15-13-9-12(17(22)18(13)24-20)14(15)19(23)21(20)16-10(2)6-5-7-11(16)3/h4-7,12-15,17-18,22H,1,8-9H2,2-3H3. The molecule has 0 radical (unpaired) electrons. The number of benzene rings is 1. The van der Waals surface area contributed by atoms with Gasteiger partial charge in [-0.25, -0.2) is 0 Å². The second-order valence-electron chi connectivity index (χ2n) is 7.94. The molecule has 0 aromatic heterocycles. The van der Waals surface area contributed by atoms with Gasteiger partial charge in [0.1, 0.15) is 0 Å². The first-order valence-electron chi connectivity index (χ1n) is 8.88. The van der Waals surface area contributed by atoms with Gasteiger partial charge in [-0.05, 0) is 43.2 Å². The van der Waals surface area contributed by atoms with E-state index in [-0.39, 0.29) is 29.8 Å². The van der Waals surface area contributed by atoms with Crippen molar-refractivity contribution in [2.24, 2.45) is 23.7 Å². The number of aliphatic hydroxyl groups is 1. The van der Waals surface area contributed by atoms with Gasteiger partial charge in [-0.1, -0.05) is 24.3 Å². The van der Waals surface area contributed by atoms with Crippen molar-refractivity contribution in [3.05, 3.63) is 42.0 Å². The highest BCUT2D eigenvalue weighted by Crippen LogP contribution is 2.69. The Labute approximate surface area is 142 Å². The lowest BCUT2D eigenvalue weighted by Crippen LogP contribution is -2.51. The molecule has 2 heterocycles. The summed E-state index contributed by atoms with van der Waals surface area (Å²) in [5.41, 5.74) is 2.50. The molecule has 1 aromatic carbocycles. The first kappa shape index (κ1) is 14.7. The van der Waals surface area contributed by atoms with Crippen LogP contribution in [0.15, 0.2) is 30.9 Å². The molecule has 4 fully saturated rings. The number of carbonyl (C=O) groups is 1. The summed E-state index contributed by atoms with van der Waals surface area (Å²) < 4.78 is 6.50. The average molecular weight is 325 g/mol. The molecule has 4 heteroatoms. The molecule has 4 nitrogen and oxygen atoms in total. The monoisotopic (exact) mass is 325 g/mol. The number of anilines is 1. The highest BCUT2D eigenvalue weighted by Gasteiger charge is 2.78. The molecule has 2 saturated carbocycles. The zero-order chi connectivity index (χ0) is 16.8. The topological polar surface area (TPSA) is 49.8 Å². The number of amides is 1. The lowest BCUT2D eigenvalue weighted by molar-refractivity contribution is -0.132. The highest BCUT2D eigenvalue weighted by atomic mass is 16.6. The fourth-order valence-corrected chi connectivity index (χ4v) is 6.23. The zero-order valence-corrected chi connectivity index (χ0v) is 14.1. The predicted octanol–water partition coefficient (Wildman–Crippen LogP) is 2.56. The summed E-state index contributed by atoms with van der Waals surface area (Å²) in [7, 11) is 0. The van der Waals surface area contributed by atoms with Crippen LogP contribution in [0.1, 0.15) is 24.0 Å². The fourth-order valence-electron chi connectivity index (χ4n) is 6.23. The molecule has 126 valence electrons. The van der Waals surface area contributed by atoms with E-state index in [9.17, 15) is 9.90 Å². The van der Waals surface area contributed by atoms with Crippen LogP contribution in [0.25, 0.3) is 0 Å². The Hall–Kier alpha value is -1.65. The van der Waals surface area contributed by atoms with Crippen LogP contribution in [-0.2, 0) is 9.53 Å². The third-order valence-electron chi connectivity index (χ3n) is 6.90. The number of fused-ring (bicyclic) bond motifs is 2. The summed E-state index contributed by atoms with van der Waals surface area (Å²) in [5, 5.41) is 10.6. The van der Waals surface area contributed by atoms with E-state index in [0.717, 1.165) is 23.2 Å². The number of hydrogen-bond donors (Lipinski definition) is 1. The minimum Gasteiger partial charge on any atom is -0.390 e. The van der Waals surface area contributed by atoms with E-state index in [2.05, 4.69) is 6.58 Å². The third-order valence-corrected chi connectivity index (χ3v) is 6.90. The highest BCUT2D eigenvalue weighted by molar-refractivity contribution is 6.01. The summed E-state index contributed by atoms with van der Waals surface area (Å²) in [5.74, 6) is 0.554. The number of carbonyl (C=O) groups excluding carboxylic acids is 1. The van der Waals surface area contributed by atoms with Crippen LogP contribution in [0.5, 0.6) is 0 Å². The molecule has 1 aromatic rings. The van der Waals surface area contributed by atoms with Gasteiger partial charge < -0.3 is 9.84 Å². The Bertz CT molecular complexity index is 739. The third kappa shape index (κ3) is 1.42. The molecule has 1 N–H and O–H groups in total. The summed E-state index contributed by atoms with van der Waals surface area (Å²) in [4.78, 5) is 15.4. The lowest BCUT2D eigenvalue weighted by Gasteiger charge is -2.39. The van der Waals surface area contributed by atoms with Gasteiger partial charge in [0.15, 0.2) is 5.72 Å². The number of ether oxygens (including phenoxy) is 1. The Morgan fingerprint density at radius 1 is 1.38 bits per heavy atom. The number of para-hydroxylation sites is 1. The van der Waals surface area contributed by atoms with Crippen molar-refractivity contribution < 1.29 is 14.6 Å². The predicted molar refractivity (Wildman–Crippen MR) is 90.4 cm³/mol. The molecule has 2 saturated heterocycles. The van der Waals surface area contributed by atoms with E-state index >= 15 is 0 Å². The van der Waals surface area contributed by atoms with E-state index in [4.69, 9.17) is 4.74 Å². The summed E-state index contributed by atoms with van der Waals surface area (Å²) in [6, 6.07) is 6.12. The van der Waals surface area contributed by atoms with Gasteiger partial charge in [-0.3, -0.25) is 9.69 Å². The van der Waals surface area contributed by atoms with Gasteiger partial charge in [-0.2, -0.15) is 0 Å². The molecule has 24 heavy (non-hydrogen) atoms. The first-order chi connectivity index (χ1) is 11.5. The van der Waals surface area contributed by atoms with E-state index in [0.29, 0.717) is 12.3 Å². The van der Waals surface area contributed by atoms with Crippen molar-refractivity contribution >= 4 is 11.6 Å². The van der Waals surface area contributed by atoms with Crippen molar-refractivity contribution in [2.75, 3.05) is 4.90 Å². The van der Waals surface area contributed by atoms with Crippen LogP contribution in [0, 0.1) is 37.5 Å². The Morgan fingerprint density at radius 3 is 2.75 bits per heavy atom. The molecule has 1 amide bonds. The minimum absolute atomic E-state index is 0.0542. The van der Waals surface area contributed by atoms with E-state index < -0.39 is 11.8 Å². The Kier molecular flexibility index (Phi) is 2.75. The summed E-state index contributed by atoms with van der Waals surface area (Å²) in [6.07, 6.45) is 2.77. The van der Waals surface area contributed by atoms with Crippen LogP contribution in [0.4, 0.5) is 5.69 Å². The van der Waals surface area contributed by atoms with Crippen LogP contribution in [0.2, 0.25) is 0 Å². The normalized spacial score (nSPS) is 44.6. The number of aliphatic hydroxyl groups excluding tert-OH is 1. The van der Waals surface area contributed by atoms with Crippen LogP contribution in [0.3, 0.4) is 0 Å². The number of nitrogens with zero attached hydrogens (tertiary/aromatic N) is 1. The summed E-state index contributed by atoms with van der Waals surface area (Å²) >= 11 is 0. The van der Waals surface area contributed by atoms with Crippen molar-refractivity contribution in [3.63, 3.8) is 0 Å². The molecular weight excluding hydrogens is 302 g/mol. The maximum atomic E-state index is 13.4. The molecule has 5 rings (SSSR count). The summed E-state index contributed by atoms with van der Waals surface area (Å²) in [6.45, 7) is 8.02. The molecule has 2 aliphatic carbocycles. The SMILES string of the molecule is C=CCC12OC3C(O)C4CC3C1C4C(=O)N2c1c(C)cccc1C. The smallest absolute Gasteiger partial charge is 0.233 e. The largest absolute Gasteiger partial charge is 0.390 e. The van der Waals surface area contributed by atoms with Gasteiger partial charge in [0, 0.05) is 12.3 Å². The molecule has 4 aliphatic rings. The van der Waals surface area contributed by atoms with Crippen LogP contribution < -0.4 is 4.90 Å². The lowest BCUT2D eigenvalue weighted by atomic mass is 9.76. The molecular formula is C20H23NO3. The molecule has 7 atom stereocenters. The van der Waals surface area contributed by atoms with Crippen molar-refractivity contribution in [1.29, 1.82) is 0 Å². The molecule has 2 aliphatic heterocycles. The van der Waals surface area contributed by atoms with Crippen LogP contribution in [-0.4, -0.2) is 28.9 Å². The first-order valence-corrected chi connectivity index (χ1v) is 8.88. The van der Waals surface area contributed by atoms with Crippen LogP contribution >= 0.6 is 0 Å². The van der Waals surface area contributed by atoms with Gasteiger partial charge in [0.2, 0.25) is 5.91 Å². The fraction of sp³-hybridized carbons (Fsp3) is 0.550. The Morgan fingerprint density at radius 2 is 2.08 bits per heavy atom. The molecule has 0 spiro atoms. The minimum atomic E-state index is -0.665. The van der Waals surface area contributed by atoms with E-state index in [1.54, 1.807) is 0 Å². The second kappa shape index (κ2) is 4.50. The quantitative estimate of drug-likeness (QED) is 0.869. The van der Waals surface area contributed by atoms with Gasteiger partial charge in [0.25, 0.3) is 0 Å². The maximum absolute atomic E-state index is 13.4. The van der Waals surface area contributed by atoms with Gasteiger partial charge in [-0.15, -0.1) is 6.58 Å². The average Bonchev–Trinajstić information content (AvgIpc) is 3.19. The Balaban J connectivity index is 1.73. The van der Waals surface area contributed by atoms with Gasteiger partial charge >= 0.3 is 0 Å². The molecule has 2 bridgehead atoms. The molecule has 7 unspecified atom stereocenters. The van der Waals surface area contributed by atoms with E-state index in [1.807, 2.05) is 43.0 Å².